The van der Waals surface area contributed by atoms with Gasteiger partial charge >= 0.3 is 0 Å². The molecule has 0 aliphatic carbocycles. The normalized spacial score (nSPS) is 17.2. The number of para-hydroxylation sites is 2. The minimum absolute atomic E-state index is 0.0682. The molecule has 3 heteroatoms. The molecule has 0 saturated heterocycles. The number of hydrogen-bond acceptors (Lipinski definition) is 3. The van der Waals surface area contributed by atoms with Gasteiger partial charge in [-0.3, -0.25) is 0 Å². The average Bonchev–Trinajstić information content (AvgIpc) is 2.48. The van der Waals surface area contributed by atoms with Crippen LogP contribution in [0.1, 0.15) is 5.56 Å². The second kappa shape index (κ2) is 5.76. The monoisotopic (exact) mass is 255 g/mol. The lowest BCUT2D eigenvalue weighted by Gasteiger charge is -2.26. The zero-order valence-corrected chi connectivity index (χ0v) is 10.7. The molecule has 3 nitrogen and oxygen atoms in total. The van der Waals surface area contributed by atoms with Gasteiger partial charge in [-0.25, -0.2) is 0 Å². The van der Waals surface area contributed by atoms with Crippen LogP contribution in [0.5, 0.6) is 11.5 Å². The van der Waals surface area contributed by atoms with E-state index < -0.39 is 0 Å². The average molecular weight is 255 g/mol. The fourth-order valence-electron chi connectivity index (χ4n) is 2.14. The maximum atomic E-state index is 5.88. The van der Waals surface area contributed by atoms with E-state index >= 15 is 0 Å². The SMILES string of the molecule is c1ccc(CNCC2COc3ccccc3O2)cc1. The first-order valence-electron chi connectivity index (χ1n) is 6.55. The van der Waals surface area contributed by atoms with Crippen LogP contribution in [0.2, 0.25) is 0 Å². The van der Waals surface area contributed by atoms with Crippen LogP contribution >= 0.6 is 0 Å². The molecule has 2 aromatic rings. The van der Waals surface area contributed by atoms with Gasteiger partial charge in [0.05, 0.1) is 0 Å². The smallest absolute Gasteiger partial charge is 0.161 e. The summed E-state index contributed by atoms with van der Waals surface area (Å²) in [6.45, 7) is 2.23. The molecule has 0 fully saturated rings. The maximum absolute atomic E-state index is 5.88. The largest absolute Gasteiger partial charge is 0.486 e. The first-order chi connectivity index (χ1) is 9.42. The summed E-state index contributed by atoms with van der Waals surface area (Å²) in [6, 6.07) is 18.1. The van der Waals surface area contributed by atoms with Crippen molar-refractivity contribution in [3.63, 3.8) is 0 Å². The number of rotatable bonds is 4. The van der Waals surface area contributed by atoms with Crippen LogP contribution in [-0.4, -0.2) is 19.3 Å². The third kappa shape index (κ3) is 3.06. The molecule has 0 aromatic heterocycles. The molecule has 0 spiro atoms. The third-order valence-corrected chi connectivity index (χ3v) is 3.11. The predicted octanol–water partition coefficient (Wildman–Crippen LogP) is 2.62. The highest BCUT2D eigenvalue weighted by Crippen LogP contribution is 2.30. The van der Waals surface area contributed by atoms with Crippen molar-refractivity contribution >= 4 is 0 Å². The standard InChI is InChI=1S/C16H17NO2/c1-2-6-13(7-3-1)10-17-11-14-12-18-15-8-4-5-9-16(15)19-14/h1-9,14,17H,10-12H2. The Hall–Kier alpha value is -2.00. The number of benzene rings is 2. The minimum atomic E-state index is 0.0682. The third-order valence-electron chi connectivity index (χ3n) is 3.11. The summed E-state index contributed by atoms with van der Waals surface area (Å²) < 4.78 is 11.6. The summed E-state index contributed by atoms with van der Waals surface area (Å²) in [5.41, 5.74) is 1.28. The van der Waals surface area contributed by atoms with Crippen molar-refractivity contribution in [2.75, 3.05) is 13.2 Å². The van der Waals surface area contributed by atoms with Crippen molar-refractivity contribution in [3.05, 3.63) is 60.2 Å². The van der Waals surface area contributed by atoms with Crippen molar-refractivity contribution in [2.24, 2.45) is 0 Å². The van der Waals surface area contributed by atoms with Gasteiger partial charge in [0.25, 0.3) is 0 Å². The zero-order chi connectivity index (χ0) is 12.9. The predicted molar refractivity (Wildman–Crippen MR) is 74.5 cm³/mol. The highest BCUT2D eigenvalue weighted by atomic mass is 16.6. The Morgan fingerprint density at radius 1 is 0.947 bits per heavy atom. The fraction of sp³-hybridized carbons (Fsp3) is 0.250. The van der Waals surface area contributed by atoms with Crippen LogP contribution < -0.4 is 14.8 Å². The molecule has 1 heterocycles. The number of hydrogen-bond donors (Lipinski definition) is 1. The van der Waals surface area contributed by atoms with Crippen LogP contribution in [0.15, 0.2) is 54.6 Å². The number of ether oxygens (including phenoxy) is 2. The van der Waals surface area contributed by atoms with Gasteiger partial charge in [-0.05, 0) is 17.7 Å². The Labute approximate surface area is 113 Å². The first-order valence-corrected chi connectivity index (χ1v) is 6.55. The lowest BCUT2D eigenvalue weighted by Crippen LogP contribution is -2.38. The molecule has 3 rings (SSSR count). The molecule has 1 atom stereocenters. The Bertz CT molecular complexity index is 527. The van der Waals surface area contributed by atoms with Crippen molar-refractivity contribution in [3.8, 4) is 11.5 Å². The first kappa shape index (κ1) is 12.1. The zero-order valence-electron chi connectivity index (χ0n) is 10.7. The van der Waals surface area contributed by atoms with Gasteiger partial charge in [-0.2, -0.15) is 0 Å². The summed E-state index contributed by atoms with van der Waals surface area (Å²) in [4.78, 5) is 0. The molecule has 1 aliphatic rings. The second-order valence-corrected chi connectivity index (χ2v) is 4.61. The highest BCUT2D eigenvalue weighted by Gasteiger charge is 2.19. The molecule has 1 N–H and O–H groups in total. The summed E-state index contributed by atoms with van der Waals surface area (Å²) in [6.07, 6.45) is 0.0682. The molecule has 0 amide bonds. The molecule has 0 bridgehead atoms. The van der Waals surface area contributed by atoms with E-state index in [9.17, 15) is 0 Å². The van der Waals surface area contributed by atoms with Crippen molar-refractivity contribution in [1.29, 1.82) is 0 Å². The molecule has 98 valence electrons. The van der Waals surface area contributed by atoms with Crippen LogP contribution in [0.3, 0.4) is 0 Å². The molecule has 1 aliphatic heterocycles. The van der Waals surface area contributed by atoms with Crippen LogP contribution in [0.25, 0.3) is 0 Å². The van der Waals surface area contributed by atoms with Crippen molar-refractivity contribution < 1.29 is 9.47 Å². The minimum Gasteiger partial charge on any atom is -0.486 e. The van der Waals surface area contributed by atoms with Crippen molar-refractivity contribution in [1.82, 2.24) is 5.32 Å². The Morgan fingerprint density at radius 2 is 1.68 bits per heavy atom. The molecule has 0 radical (unpaired) electrons. The number of nitrogens with one attached hydrogen (secondary N) is 1. The van der Waals surface area contributed by atoms with Crippen LogP contribution in [0.4, 0.5) is 0 Å². The van der Waals surface area contributed by atoms with E-state index in [1.807, 2.05) is 42.5 Å². The van der Waals surface area contributed by atoms with E-state index in [1.54, 1.807) is 0 Å². The van der Waals surface area contributed by atoms with Crippen LogP contribution in [0, 0.1) is 0 Å². The van der Waals surface area contributed by atoms with Gasteiger partial charge in [-0.15, -0.1) is 0 Å². The van der Waals surface area contributed by atoms with E-state index in [0.29, 0.717) is 6.61 Å². The quantitative estimate of drug-likeness (QED) is 0.911. The molecule has 19 heavy (non-hydrogen) atoms. The van der Waals surface area contributed by atoms with Gasteiger partial charge in [0.2, 0.25) is 0 Å². The topological polar surface area (TPSA) is 30.5 Å². The lowest BCUT2D eigenvalue weighted by molar-refractivity contribution is 0.0902. The Balaban J connectivity index is 1.50. The summed E-state index contributed by atoms with van der Waals surface area (Å²) in [5.74, 6) is 1.67. The second-order valence-electron chi connectivity index (χ2n) is 4.61. The van der Waals surface area contributed by atoms with E-state index in [4.69, 9.17) is 9.47 Å². The molecular formula is C16H17NO2. The summed E-state index contributed by atoms with van der Waals surface area (Å²) in [7, 11) is 0. The molecule has 0 saturated carbocycles. The van der Waals surface area contributed by atoms with Gasteiger partial charge in [0, 0.05) is 13.1 Å². The van der Waals surface area contributed by atoms with Gasteiger partial charge in [-0.1, -0.05) is 42.5 Å². The lowest BCUT2D eigenvalue weighted by atomic mass is 10.2. The Kier molecular flexibility index (Phi) is 3.65. The van der Waals surface area contributed by atoms with E-state index in [0.717, 1.165) is 24.6 Å². The Morgan fingerprint density at radius 3 is 2.53 bits per heavy atom. The summed E-state index contributed by atoms with van der Waals surface area (Å²) >= 11 is 0. The van der Waals surface area contributed by atoms with Gasteiger partial charge in [0.1, 0.15) is 12.7 Å². The van der Waals surface area contributed by atoms with E-state index in [2.05, 4.69) is 17.4 Å². The van der Waals surface area contributed by atoms with E-state index in [-0.39, 0.29) is 6.10 Å². The highest BCUT2D eigenvalue weighted by molar-refractivity contribution is 5.40. The molecule has 1 unspecified atom stereocenters. The molecule has 2 aromatic carbocycles. The molecular weight excluding hydrogens is 238 g/mol. The van der Waals surface area contributed by atoms with Gasteiger partial charge in [0.15, 0.2) is 11.5 Å². The van der Waals surface area contributed by atoms with Crippen LogP contribution in [-0.2, 0) is 6.54 Å². The number of fused-ring (bicyclic) bond motifs is 1. The van der Waals surface area contributed by atoms with Crippen molar-refractivity contribution in [2.45, 2.75) is 12.6 Å². The maximum Gasteiger partial charge on any atom is 0.161 e. The van der Waals surface area contributed by atoms with Gasteiger partial charge < -0.3 is 14.8 Å². The summed E-state index contributed by atoms with van der Waals surface area (Å²) in [5, 5.41) is 3.40. The fourth-order valence-corrected chi connectivity index (χ4v) is 2.14. The van der Waals surface area contributed by atoms with E-state index in [1.165, 1.54) is 5.56 Å².